The van der Waals surface area contributed by atoms with E-state index in [1.165, 1.54) is 18.3 Å². The average Bonchev–Trinajstić information content (AvgIpc) is 2.01. The van der Waals surface area contributed by atoms with Crippen molar-refractivity contribution in [2.75, 3.05) is 12.5 Å². The van der Waals surface area contributed by atoms with Gasteiger partial charge in [-0.1, -0.05) is 0 Å². The SMILES string of the molecule is CS(=O)(=O)c1cccnc1S(C)(=O)=O. The summed E-state index contributed by atoms with van der Waals surface area (Å²) in [6, 6.07) is 2.60. The Bertz CT molecular complexity index is 494. The van der Waals surface area contributed by atoms with Gasteiger partial charge in [-0.25, -0.2) is 21.8 Å². The van der Waals surface area contributed by atoms with Gasteiger partial charge in [-0.2, -0.15) is 0 Å². The number of pyridine rings is 1. The maximum Gasteiger partial charge on any atom is 0.194 e. The lowest BCUT2D eigenvalue weighted by Gasteiger charge is -2.03. The molecule has 0 aliphatic rings. The smallest absolute Gasteiger partial charge is 0.194 e. The number of nitrogens with zero attached hydrogens (tertiary/aromatic N) is 1. The van der Waals surface area contributed by atoms with Crippen molar-refractivity contribution < 1.29 is 16.8 Å². The Kier molecular flexibility index (Phi) is 2.64. The maximum atomic E-state index is 11.2. The summed E-state index contributed by atoms with van der Waals surface area (Å²) in [7, 11) is -7.17. The molecule has 1 rings (SSSR count). The summed E-state index contributed by atoms with van der Waals surface area (Å²) in [6.07, 6.45) is 3.10. The van der Waals surface area contributed by atoms with Crippen LogP contribution in [-0.2, 0) is 19.7 Å². The molecule has 0 fully saturated rings. The van der Waals surface area contributed by atoms with Crippen LogP contribution in [0.1, 0.15) is 0 Å². The predicted octanol–water partition coefficient (Wildman–Crippen LogP) is -0.111. The minimum absolute atomic E-state index is 0.262. The fourth-order valence-corrected chi connectivity index (χ4v) is 3.23. The van der Waals surface area contributed by atoms with Crippen molar-refractivity contribution in [3.63, 3.8) is 0 Å². The van der Waals surface area contributed by atoms with Gasteiger partial charge in [0.1, 0.15) is 4.90 Å². The zero-order valence-electron chi connectivity index (χ0n) is 7.63. The number of aromatic nitrogens is 1. The lowest BCUT2D eigenvalue weighted by Crippen LogP contribution is -2.09. The molecule has 0 aromatic carbocycles. The van der Waals surface area contributed by atoms with Crippen molar-refractivity contribution in [3.05, 3.63) is 18.3 Å². The highest BCUT2D eigenvalue weighted by Gasteiger charge is 2.20. The second kappa shape index (κ2) is 3.32. The number of hydrogen-bond acceptors (Lipinski definition) is 5. The molecular formula is C7H9NO4S2. The molecule has 0 radical (unpaired) electrons. The molecule has 0 N–H and O–H groups in total. The summed E-state index contributed by atoms with van der Waals surface area (Å²) < 4.78 is 44.7. The monoisotopic (exact) mass is 235 g/mol. The van der Waals surface area contributed by atoms with Crippen molar-refractivity contribution in [2.24, 2.45) is 0 Å². The van der Waals surface area contributed by atoms with Gasteiger partial charge in [0.2, 0.25) is 0 Å². The lowest BCUT2D eigenvalue weighted by molar-refractivity contribution is 0.584. The Balaban J connectivity index is 3.64. The Morgan fingerprint density at radius 3 is 2.00 bits per heavy atom. The Morgan fingerprint density at radius 1 is 1.07 bits per heavy atom. The molecule has 0 spiro atoms. The van der Waals surface area contributed by atoms with E-state index in [1.54, 1.807) is 0 Å². The van der Waals surface area contributed by atoms with Gasteiger partial charge >= 0.3 is 0 Å². The van der Waals surface area contributed by atoms with Gasteiger partial charge in [-0.05, 0) is 12.1 Å². The Labute approximate surface area is 82.6 Å². The van der Waals surface area contributed by atoms with Crippen LogP contribution in [0.25, 0.3) is 0 Å². The standard InChI is InChI=1S/C7H9NO4S2/c1-13(9,10)6-4-3-5-8-7(6)14(2,11)12/h3-5H,1-2H3. The van der Waals surface area contributed by atoms with E-state index >= 15 is 0 Å². The van der Waals surface area contributed by atoms with Crippen LogP contribution >= 0.6 is 0 Å². The van der Waals surface area contributed by atoms with E-state index < -0.39 is 24.7 Å². The maximum absolute atomic E-state index is 11.2. The molecular weight excluding hydrogens is 226 g/mol. The summed E-state index contributed by atoms with van der Waals surface area (Å²) in [4.78, 5) is 3.29. The van der Waals surface area contributed by atoms with E-state index in [0.29, 0.717) is 0 Å². The molecule has 0 aliphatic carbocycles. The van der Waals surface area contributed by atoms with Crippen molar-refractivity contribution in [3.8, 4) is 0 Å². The molecule has 1 aromatic heterocycles. The first kappa shape index (κ1) is 11.1. The second-order valence-electron chi connectivity index (χ2n) is 2.85. The van der Waals surface area contributed by atoms with Crippen LogP contribution in [0.2, 0.25) is 0 Å². The van der Waals surface area contributed by atoms with E-state index in [0.717, 1.165) is 12.5 Å². The summed E-state index contributed by atoms with van der Waals surface area (Å²) in [5.74, 6) is 0. The van der Waals surface area contributed by atoms with Gasteiger partial charge in [0.25, 0.3) is 0 Å². The molecule has 0 unspecified atom stereocenters. The number of sulfone groups is 2. The summed E-state index contributed by atoms with van der Waals surface area (Å²) in [6.45, 7) is 0. The van der Waals surface area contributed by atoms with Crippen molar-refractivity contribution in [1.29, 1.82) is 0 Å². The third-order valence-electron chi connectivity index (χ3n) is 1.49. The second-order valence-corrected chi connectivity index (χ2v) is 6.77. The quantitative estimate of drug-likeness (QED) is 0.714. The lowest BCUT2D eigenvalue weighted by atomic mass is 10.5. The predicted molar refractivity (Wildman–Crippen MR) is 50.5 cm³/mol. The van der Waals surface area contributed by atoms with E-state index in [1.807, 2.05) is 0 Å². The molecule has 0 saturated heterocycles. The fraction of sp³-hybridized carbons (Fsp3) is 0.286. The van der Waals surface area contributed by atoms with Gasteiger partial charge in [0.15, 0.2) is 24.7 Å². The molecule has 0 atom stereocenters. The summed E-state index contributed by atoms with van der Waals surface area (Å²) >= 11 is 0. The molecule has 0 amide bonds. The molecule has 1 aromatic rings. The van der Waals surface area contributed by atoms with Crippen LogP contribution in [0.5, 0.6) is 0 Å². The van der Waals surface area contributed by atoms with Gasteiger partial charge < -0.3 is 0 Å². The fourth-order valence-electron chi connectivity index (χ4n) is 0.937. The molecule has 5 nitrogen and oxygen atoms in total. The average molecular weight is 235 g/mol. The zero-order valence-corrected chi connectivity index (χ0v) is 9.26. The highest BCUT2D eigenvalue weighted by molar-refractivity contribution is 7.93. The minimum Gasteiger partial charge on any atom is -0.244 e. The summed E-state index contributed by atoms with van der Waals surface area (Å²) in [5, 5.41) is -0.400. The van der Waals surface area contributed by atoms with Crippen LogP contribution < -0.4 is 0 Å². The van der Waals surface area contributed by atoms with Gasteiger partial charge in [-0.15, -0.1) is 0 Å². The van der Waals surface area contributed by atoms with Gasteiger partial charge in [-0.3, -0.25) is 0 Å². The van der Waals surface area contributed by atoms with E-state index in [2.05, 4.69) is 4.98 Å². The van der Waals surface area contributed by atoms with Gasteiger partial charge in [0, 0.05) is 18.7 Å². The molecule has 0 aliphatic heterocycles. The first-order valence-corrected chi connectivity index (χ1v) is 7.36. The van der Waals surface area contributed by atoms with Gasteiger partial charge in [0.05, 0.1) is 0 Å². The van der Waals surface area contributed by atoms with Crippen LogP contribution in [0.15, 0.2) is 28.3 Å². The molecule has 7 heteroatoms. The third-order valence-corrected chi connectivity index (χ3v) is 3.77. The molecule has 0 saturated carbocycles. The van der Waals surface area contributed by atoms with Crippen LogP contribution in [0.3, 0.4) is 0 Å². The number of hydrogen-bond donors (Lipinski definition) is 0. The van der Waals surface area contributed by atoms with E-state index in [-0.39, 0.29) is 4.90 Å². The number of rotatable bonds is 2. The largest absolute Gasteiger partial charge is 0.244 e. The highest BCUT2D eigenvalue weighted by Crippen LogP contribution is 2.17. The minimum atomic E-state index is -3.61. The normalized spacial score (nSPS) is 12.7. The van der Waals surface area contributed by atoms with Crippen molar-refractivity contribution in [1.82, 2.24) is 4.98 Å². The molecule has 14 heavy (non-hydrogen) atoms. The Hall–Kier alpha value is -0.950. The molecule has 0 bridgehead atoms. The van der Waals surface area contributed by atoms with Crippen molar-refractivity contribution >= 4 is 19.7 Å². The topological polar surface area (TPSA) is 81.2 Å². The third kappa shape index (κ3) is 2.30. The van der Waals surface area contributed by atoms with E-state index in [4.69, 9.17) is 0 Å². The molecule has 1 heterocycles. The van der Waals surface area contributed by atoms with Crippen molar-refractivity contribution in [2.45, 2.75) is 9.92 Å². The van der Waals surface area contributed by atoms with E-state index in [9.17, 15) is 16.8 Å². The summed E-state index contributed by atoms with van der Waals surface area (Å²) in [5.41, 5.74) is 0. The molecule has 78 valence electrons. The first-order chi connectivity index (χ1) is 6.23. The van der Waals surface area contributed by atoms with Crippen LogP contribution in [0, 0.1) is 0 Å². The zero-order chi connectivity index (χ0) is 11.0. The Morgan fingerprint density at radius 2 is 1.64 bits per heavy atom. The van der Waals surface area contributed by atoms with Crippen LogP contribution in [-0.4, -0.2) is 34.3 Å². The highest BCUT2D eigenvalue weighted by atomic mass is 32.2. The first-order valence-electron chi connectivity index (χ1n) is 3.58. The van der Waals surface area contributed by atoms with Crippen LogP contribution in [0.4, 0.5) is 0 Å².